The lowest BCUT2D eigenvalue weighted by Crippen LogP contribution is -2.02. The highest BCUT2D eigenvalue weighted by Gasteiger charge is 2.10. The summed E-state index contributed by atoms with van der Waals surface area (Å²) in [7, 11) is 0. The maximum Gasteiger partial charge on any atom is 0.143 e. The molecule has 3 aromatic rings. The maximum absolute atomic E-state index is 6.05. The summed E-state index contributed by atoms with van der Waals surface area (Å²) in [4.78, 5) is 4.56. The van der Waals surface area contributed by atoms with E-state index in [1.807, 2.05) is 19.1 Å². The molecule has 20 heavy (non-hydrogen) atoms. The van der Waals surface area contributed by atoms with E-state index in [-0.39, 0.29) is 0 Å². The molecule has 0 radical (unpaired) electrons. The minimum Gasteiger partial charge on any atom is -0.383 e. The summed E-state index contributed by atoms with van der Waals surface area (Å²) in [6.07, 6.45) is 3.57. The van der Waals surface area contributed by atoms with Crippen LogP contribution >= 0.6 is 0 Å². The number of nitrogens with two attached hydrogens (primary N) is 1. The first-order valence-corrected chi connectivity index (χ1v) is 6.62. The second-order valence-electron chi connectivity index (χ2n) is 4.82. The van der Waals surface area contributed by atoms with E-state index >= 15 is 0 Å². The van der Waals surface area contributed by atoms with Crippen LogP contribution in [0.25, 0.3) is 16.6 Å². The largest absolute Gasteiger partial charge is 0.383 e. The molecule has 3 rings (SSSR count). The quantitative estimate of drug-likeness (QED) is 0.786. The van der Waals surface area contributed by atoms with Crippen molar-refractivity contribution in [1.29, 1.82) is 0 Å². The number of rotatable bonds is 3. The number of benzene rings is 1. The van der Waals surface area contributed by atoms with Crippen LogP contribution in [0.15, 0.2) is 24.5 Å². The van der Waals surface area contributed by atoms with Crippen LogP contribution in [0.1, 0.15) is 24.5 Å². The Bertz CT molecular complexity index is 748. The van der Waals surface area contributed by atoms with Gasteiger partial charge in [-0.3, -0.25) is 0 Å². The monoisotopic (exact) mass is 268 g/mol. The van der Waals surface area contributed by atoms with Crippen LogP contribution in [-0.4, -0.2) is 25.2 Å². The lowest BCUT2D eigenvalue weighted by molar-refractivity contribution is 0.786. The molecular weight excluding hydrogens is 252 g/mol. The first-order chi connectivity index (χ1) is 9.70. The van der Waals surface area contributed by atoms with Crippen molar-refractivity contribution in [2.75, 3.05) is 5.73 Å². The summed E-state index contributed by atoms with van der Waals surface area (Å²) < 4.78 is 1.63. The van der Waals surface area contributed by atoms with Gasteiger partial charge in [0.1, 0.15) is 12.1 Å². The van der Waals surface area contributed by atoms with Gasteiger partial charge in [0.15, 0.2) is 0 Å². The van der Waals surface area contributed by atoms with E-state index in [4.69, 9.17) is 5.73 Å². The van der Waals surface area contributed by atoms with Crippen molar-refractivity contribution in [1.82, 2.24) is 25.2 Å². The third-order valence-electron chi connectivity index (χ3n) is 3.44. The second-order valence-corrected chi connectivity index (χ2v) is 4.82. The van der Waals surface area contributed by atoms with Crippen LogP contribution in [0.5, 0.6) is 0 Å². The van der Waals surface area contributed by atoms with Gasteiger partial charge in [-0.15, -0.1) is 5.10 Å². The lowest BCUT2D eigenvalue weighted by Gasteiger charge is -2.11. The number of anilines is 1. The molecule has 0 amide bonds. The zero-order valence-electron chi connectivity index (χ0n) is 11.5. The third kappa shape index (κ3) is 1.99. The van der Waals surface area contributed by atoms with Gasteiger partial charge in [0.05, 0.1) is 11.2 Å². The molecule has 2 N–H and O–H groups in total. The van der Waals surface area contributed by atoms with Crippen molar-refractivity contribution in [3.05, 3.63) is 35.7 Å². The molecule has 0 unspecified atom stereocenters. The Morgan fingerprint density at radius 2 is 2.15 bits per heavy atom. The maximum atomic E-state index is 6.05. The minimum absolute atomic E-state index is 0.608. The second kappa shape index (κ2) is 4.88. The molecule has 0 atom stereocenters. The summed E-state index contributed by atoms with van der Waals surface area (Å²) in [6.45, 7) is 4.14. The van der Waals surface area contributed by atoms with E-state index in [2.05, 4.69) is 33.5 Å². The van der Waals surface area contributed by atoms with E-state index in [1.165, 1.54) is 0 Å². The number of tetrazole rings is 1. The molecule has 1 aromatic carbocycles. The van der Waals surface area contributed by atoms with Gasteiger partial charge in [0.25, 0.3) is 0 Å². The normalized spacial score (nSPS) is 11.1. The number of aryl methyl sites for hydroxylation is 2. The van der Waals surface area contributed by atoms with Crippen LogP contribution in [-0.2, 0) is 6.42 Å². The first-order valence-electron chi connectivity index (χ1n) is 6.62. The molecule has 0 saturated heterocycles. The molecule has 0 aliphatic heterocycles. The molecule has 2 heterocycles. The van der Waals surface area contributed by atoms with Gasteiger partial charge in [-0.1, -0.05) is 19.4 Å². The molecule has 0 bridgehead atoms. The topological polar surface area (TPSA) is 82.5 Å². The van der Waals surface area contributed by atoms with Crippen LogP contribution in [0.2, 0.25) is 0 Å². The number of aromatic nitrogens is 5. The van der Waals surface area contributed by atoms with Crippen molar-refractivity contribution in [2.24, 2.45) is 0 Å². The summed E-state index contributed by atoms with van der Waals surface area (Å²) in [5, 5.41) is 12.3. The van der Waals surface area contributed by atoms with Gasteiger partial charge in [-0.25, -0.2) is 9.67 Å². The smallest absolute Gasteiger partial charge is 0.143 e. The standard InChI is InChI=1S/C14H16N6/c1-3-4-11-7-10-5-6-12(20-8-16-18-19-20)9(2)13(10)17-14(11)15/h5-8H,3-4H2,1-2H3,(H2,15,17). The van der Waals surface area contributed by atoms with Gasteiger partial charge in [-0.05, 0) is 41.5 Å². The molecule has 0 fully saturated rings. The number of nitrogen functional groups attached to an aromatic ring is 1. The van der Waals surface area contributed by atoms with Gasteiger partial charge < -0.3 is 5.73 Å². The van der Waals surface area contributed by atoms with Crippen LogP contribution in [0, 0.1) is 6.92 Å². The Morgan fingerprint density at radius 1 is 1.30 bits per heavy atom. The molecule has 0 spiro atoms. The van der Waals surface area contributed by atoms with Gasteiger partial charge in [0, 0.05) is 10.9 Å². The lowest BCUT2D eigenvalue weighted by atomic mass is 10.0. The average Bonchev–Trinajstić information content (AvgIpc) is 2.95. The summed E-state index contributed by atoms with van der Waals surface area (Å²) >= 11 is 0. The molecule has 6 heteroatoms. The molecule has 2 aromatic heterocycles. The van der Waals surface area contributed by atoms with Gasteiger partial charge in [0.2, 0.25) is 0 Å². The number of hydrogen-bond acceptors (Lipinski definition) is 5. The van der Waals surface area contributed by atoms with Gasteiger partial charge in [-0.2, -0.15) is 0 Å². The van der Waals surface area contributed by atoms with Crippen LogP contribution in [0.3, 0.4) is 0 Å². The van der Waals surface area contributed by atoms with Crippen molar-refractivity contribution in [2.45, 2.75) is 26.7 Å². The average molecular weight is 268 g/mol. The molecule has 6 nitrogen and oxygen atoms in total. The third-order valence-corrected chi connectivity index (χ3v) is 3.44. The van der Waals surface area contributed by atoms with Crippen molar-refractivity contribution in [3.63, 3.8) is 0 Å². The fourth-order valence-corrected chi connectivity index (χ4v) is 2.42. The van der Waals surface area contributed by atoms with Gasteiger partial charge >= 0.3 is 0 Å². The zero-order valence-corrected chi connectivity index (χ0v) is 11.5. The van der Waals surface area contributed by atoms with Crippen molar-refractivity contribution >= 4 is 16.7 Å². The van der Waals surface area contributed by atoms with E-state index in [1.54, 1.807) is 11.0 Å². The predicted molar refractivity (Wildman–Crippen MR) is 77.6 cm³/mol. The minimum atomic E-state index is 0.608. The fourth-order valence-electron chi connectivity index (χ4n) is 2.42. The Hall–Kier alpha value is -2.50. The highest BCUT2D eigenvalue weighted by atomic mass is 15.5. The molecule has 0 aliphatic carbocycles. The molecule has 0 saturated carbocycles. The fraction of sp³-hybridized carbons (Fsp3) is 0.286. The van der Waals surface area contributed by atoms with Crippen LogP contribution in [0.4, 0.5) is 5.82 Å². The Balaban J connectivity index is 2.21. The van der Waals surface area contributed by atoms with Crippen LogP contribution < -0.4 is 5.73 Å². The number of fused-ring (bicyclic) bond motifs is 1. The molecule has 102 valence electrons. The van der Waals surface area contributed by atoms with E-state index in [9.17, 15) is 0 Å². The summed E-state index contributed by atoms with van der Waals surface area (Å²) in [6, 6.07) is 6.16. The highest BCUT2D eigenvalue weighted by Crippen LogP contribution is 2.26. The van der Waals surface area contributed by atoms with E-state index in [0.717, 1.165) is 40.6 Å². The highest BCUT2D eigenvalue weighted by molar-refractivity contribution is 5.86. The number of pyridine rings is 1. The SMILES string of the molecule is CCCc1cc2ccc(-n3cnnn3)c(C)c2nc1N. The molecular formula is C14H16N6. The van der Waals surface area contributed by atoms with Crippen molar-refractivity contribution < 1.29 is 0 Å². The summed E-state index contributed by atoms with van der Waals surface area (Å²) in [5.74, 6) is 0.608. The summed E-state index contributed by atoms with van der Waals surface area (Å²) in [5.41, 5.74) is 9.99. The molecule has 0 aliphatic rings. The zero-order chi connectivity index (χ0) is 14.1. The van der Waals surface area contributed by atoms with E-state index < -0.39 is 0 Å². The predicted octanol–water partition coefficient (Wildman–Crippen LogP) is 2.05. The van der Waals surface area contributed by atoms with E-state index in [0.29, 0.717) is 5.82 Å². The Kier molecular flexibility index (Phi) is 3.06. The first kappa shape index (κ1) is 12.5. The Labute approximate surface area is 116 Å². The van der Waals surface area contributed by atoms with Crippen molar-refractivity contribution in [3.8, 4) is 5.69 Å². The number of nitrogens with zero attached hydrogens (tertiary/aromatic N) is 5. The number of hydrogen-bond donors (Lipinski definition) is 1. The Morgan fingerprint density at radius 3 is 2.85 bits per heavy atom.